The van der Waals surface area contributed by atoms with Crippen LogP contribution in [0.2, 0.25) is 0 Å². The molecule has 0 aliphatic heterocycles. The third kappa shape index (κ3) is 3.46. The summed E-state index contributed by atoms with van der Waals surface area (Å²) in [4.78, 5) is 13.5. The van der Waals surface area contributed by atoms with Gasteiger partial charge in [0.2, 0.25) is 0 Å². The number of anilines is 1. The summed E-state index contributed by atoms with van der Waals surface area (Å²) in [5, 5.41) is 18.1. The molecule has 1 amide bonds. The third-order valence-electron chi connectivity index (χ3n) is 4.72. The number of aryl methyl sites for hydroxylation is 1. The Kier molecular flexibility index (Phi) is 4.57. The van der Waals surface area contributed by atoms with Crippen molar-refractivity contribution in [3.05, 3.63) is 89.3 Å². The van der Waals surface area contributed by atoms with E-state index in [1.54, 1.807) is 21.9 Å². The second-order valence-corrected chi connectivity index (χ2v) is 7.84. The fourth-order valence-electron chi connectivity index (χ4n) is 3.22. The van der Waals surface area contributed by atoms with Crippen LogP contribution in [0.1, 0.15) is 15.9 Å². The zero-order chi connectivity index (χ0) is 20.5. The lowest BCUT2D eigenvalue weighted by Gasteiger charge is -2.07. The summed E-state index contributed by atoms with van der Waals surface area (Å²) in [6, 6.07) is 23.0. The van der Waals surface area contributed by atoms with E-state index in [0.717, 1.165) is 33.2 Å². The van der Waals surface area contributed by atoms with E-state index >= 15 is 0 Å². The number of hydrogen-bond donors (Lipinski definition) is 1. The van der Waals surface area contributed by atoms with E-state index in [2.05, 4.69) is 15.5 Å². The van der Waals surface area contributed by atoms with Crippen LogP contribution >= 0.6 is 11.3 Å². The Bertz CT molecular complexity index is 1340. The van der Waals surface area contributed by atoms with Gasteiger partial charge in [-0.1, -0.05) is 35.9 Å². The van der Waals surface area contributed by atoms with Crippen molar-refractivity contribution in [1.29, 1.82) is 0 Å². The number of nitrogens with one attached hydrogen (secondary N) is 1. The summed E-state index contributed by atoms with van der Waals surface area (Å²) < 4.78 is 1.76. The van der Waals surface area contributed by atoms with Gasteiger partial charge in [-0.25, -0.2) is 0 Å². The second kappa shape index (κ2) is 7.53. The first-order chi connectivity index (χ1) is 14.7. The van der Waals surface area contributed by atoms with Gasteiger partial charge in [-0.3, -0.25) is 4.79 Å². The lowest BCUT2D eigenvalue weighted by molar-refractivity contribution is 0.102. The molecule has 0 aliphatic carbocycles. The van der Waals surface area contributed by atoms with Crippen LogP contribution in [0.3, 0.4) is 0 Å². The van der Waals surface area contributed by atoms with Gasteiger partial charge in [-0.2, -0.15) is 9.61 Å². The first kappa shape index (κ1) is 18.2. The van der Waals surface area contributed by atoms with Crippen molar-refractivity contribution in [2.75, 3.05) is 5.32 Å². The highest BCUT2D eigenvalue weighted by atomic mass is 32.1. The largest absolute Gasteiger partial charge is 0.322 e. The summed E-state index contributed by atoms with van der Waals surface area (Å²) in [7, 11) is 0. The van der Waals surface area contributed by atoms with E-state index in [-0.39, 0.29) is 5.91 Å². The number of aromatic nitrogens is 4. The molecule has 3 heterocycles. The van der Waals surface area contributed by atoms with E-state index in [1.807, 2.05) is 79.0 Å². The number of benzene rings is 2. The molecule has 5 aromatic rings. The zero-order valence-corrected chi connectivity index (χ0v) is 16.9. The molecule has 0 unspecified atom stereocenters. The summed E-state index contributed by atoms with van der Waals surface area (Å²) in [6.45, 7) is 1.97. The molecule has 0 saturated carbocycles. The smallest absolute Gasteiger partial charge is 0.255 e. The molecule has 7 heteroatoms. The van der Waals surface area contributed by atoms with E-state index in [1.165, 1.54) is 0 Å². The molecule has 0 saturated heterocycles. The maximum Gasteiger partial charge on any atom is 0.255 e. The molecule has 3 aromatic heterocycles. The van der Waals surface area contributed by atoms with Gasteiger partial charge in [-0.05, 0) is 54.8 Å². The van der Waals surface area contributed by atoms with E-state index in [4.69, 9.17) is 5.10 Å². The van der Waals surface area contributed by atoms with Gasteiger partial charge in [0.25, 0.3) is 5.91 Å². The summed E-state index contributed by atoms with van der Waals surface area (Å²) >= 11 is 1.60. The molecular formula is C23H17N5OS. The van der Waals surface area contributed by atoms with Crippen LogP contribution in [0.15, 0.2) is 78.2 Å². The monoisotopic (exact) mass is 411 g/mol. The molecule has 0 bridgehead atoms. The minimum atomic E-state index is -0.129. The normalized spacial score (nSPS) is 11.0. The van der Waals surface area contributed by atoms with Crippen molar-refractivity contribution in [3.63, 3.8) is 0 Å². The van der Waals surface area contributed by atoms with Crippen molar-refractivity contribution in [2.24, 2.45) is 0 Å². The minimum Gasteiger partial charge on any atom is -0.322 e. The number of rotatable bonds is 4. The molecule has 1 N–H and O–H groups in total. The van der Waals surface area contributed by atoms with Gasteiger partial charge < -0.3 is 5.32 Å². The Balaban J connectivity index is 1.41. The van der Waals surface area contributed by atoms with Crippen molar-refractivity contribution in [3.8, 4) is 22.0 Å². The Labute approximate surface area is 176 Å². The fraction of sp³-hybridized carbons (Fsp3) is 0.0435. The molecule has 0 spiro atoms. The number of fused-ring (bicyclic) bond motifs is 1. The standard InChI is InChI=1S/C23H17N5OS/c1-15-4-2-5-17(14-15)23(29)24-18-9-7-16(8-10-18)19-11-12-21-25-26-22(28(21)27-19)20-6-3-13-30-20/h2-14H,1H3,(H,24,29). The number of thiophene rings is 1. The third-order valence-corrected chi connectivity index (χ3v) is 5.59. The van der Waals surface area contributed by atoms with Crippen LogP contribution in [0, 0.1) is 6.92 Å². The Morgan fingerprint density at radius 2 is 1.83 bits per heavy atom. The van der Waals surface area contributed by atoms with Crippen LogP contribution < -0.4 is 5.32 Å². The predicted octanol–water partition coefficient (Wildman–Crippen LogP) is 5.08. The van der Waals surface area contributed by atoms with E-state index < -0.39 is 0 Å². The van der Waals surface area contributed by atoms with Crippen LogP contribution in [0.4, 0.5) is 5.69 Å². The van der Waals surface area contributed by atoms with Crippen molar-refractivity contribution in [2.45, 2.75) is 6.92 Å². The average molecular weight is 411 g/mol. The molecule has 0 aliphatic rings. The molecule has 0 atom stereocenters. The average Bonchev–Trinajstić information content (AvgIpc) is 3.43. The number of hydrogen-bond acceptors (Lipinski definition) is 5. The van der Waals surface area contributed by atoms with Gasteiger partial charge in [0, 0.05) is 16.8 Å². The maximum absolute atomic E-state index is 12.4. The van der Waals surface area contributed by atoms with Crippen molar-refractivity contribution < 1.29 is 4.79 Å². The number of carbonyl (C=O) groups is 1. The molecule has 6 nitrogen and oxygen atoms in total. The molecule has 5 rings (SSSR count). The summed E-state index contributed by atoms with van der Waals surface area (Å²) in [6.07, 6.45) is 0. The summed E-state index contributed by atoms with van der Waals surface area (Å²) in [5.74, 6) is 0.597. The van der Waals surface area contributed by atoms with Crippen molar-refractivity contribution >= 4 is 28.6 Å². The number of nitrogens with zero attached hydrogens (tertiary/aromatic N) is 4. The SMILES string of the molecule is Cc1cccc(C(=O)Nc2ccc(-c3ccc4nnc(-c5cccs5)n4n3)cc2)c1. The van der Waals surface area contributed by atoms with Gasteiger partial charge in [0.15, 0.2) is 11.5 Å². The Morgan fingerprint density at radius 1 is 0.967 bits per heavy atom. The molecular weight excluding hydrogens is 394 g/mol. The van der Waals surface area contributed by atoms with Gasteiger partial charge in [0.05, 0.1) is 10.6 Å². The minimum absolute atomic E-state index is 0.129. The highest BCUT2D eigenvalue weighted by Crippen LogP contribution is 2.25. The highest BCUT2D eigenvalue weighted by Gasteiger charge is 2.12. The lowest BCUT2D eigenvalue weighted by Crippen LogP contribution is -2.11. The van der Waals surface area contributed by atoms with Gasteiger partial charge in [0.1, 0.15) is 0 Å². The van der Waals surface area contributed by atoms with E-state index in [0.29, 0.717) is 11.2 Å². The zero-order valence-electron chi connectivity index (χ0n) is 16.1. The van der Waals surface area contributed by atoms with Crippen LogP contribution in [0.25, 0.3) is 27.6 Å². The molecule has 0 fully saturated rings. The fourth-order valence-corrected chi connectivity index (χ4v) is 3.91. The van der Waals surface area contributed by atoms with Crippen LogP contribution in [-0.2, 0) is 0 Å². The lowest BCUT2D eigenvalue weighted by atomic mass is 10.1. The molecule has 30 heavy (non-hydrogen) atoms. The van der Waals surface area contributed by atoms with Crippen molar-refractivity contribution in [1.82, 2.24) is 19.8 Å². The Morgan fingerprint density at radius 3 is 2.60 bits per heavy atom. The molecule has 2 aromatic carbocycles. The topological polar surface area (TPSA) is 72.2 Å². The second-order valence-electron chi connectivity index (χ2n) is 6.89. The summed E-state index contributed by atoms with van der Waals surface area (Å²) in [5.41, 5.74) is 4.86. The quantitative estimate of drug-likeness (QED) is 0.448. The predicted molar refractivity (Wildman–Crippen MR) is 119 cm³/mol. The van der Waals surface area contributed by atoms with Gasteiger partial charge >= 0.3 is 0 Å². The molecule has 0 radical (unpaired) electrons. The first-order valence-corrected chi connectivity index (χ1v) is 10.3. The van der Waals surface area contributed by atoms with Crippen LogP contribution in [-0.4, -0.2) is 25.7 Å². The van der Waals surface area contributed by atoms with E-state index in [9.17, 15) is 4.79 Å². The first-order valence-electron chi connectivity index (χ1n) is 9.42. The molecule has 146 valence electrons. The van der Waals surface area contributed by atoms with Gasteiger partial charge in [-0.15, -0.1) is 21.5 Å². The number of amides is 1. The maximum atomic E-state index is 12.4. The van der Waals surface area contributed by atoms with Crippen LogP contribution in [0.5, 0.6) is 0 Å². The Hall–Kier alpha value is -3.84. The number of carbonyl (C=O) groups excluding carboxylic acids is 1. The highest BCUT2D eigenvalue weighted by molar-refractivity contribution is 7.13.